The van der Waals surface area contributed by atoms with Crippen molar-refractivity contribution in [1.29, 1.82) is 0 Å². The number of pyridine rings is 2. The van der Waals surface area contributed by atoms with Crippen molar-refractivity contribution in [2.45, 2.75) is 18.8 Å². The Morgan fingerprint density at radius 2 is 1.88 bits per heavy atom. The van der Waals surface area contributed by atoms with Crippen LogP contribution in [0.4, 0.5) is 0 Å². The van der Waals surface area contributed by atoms with Gasteiger partial charge in [0, 0.05) is 54.2 Å². The van der Waals surface area contributed by atoms with Crippen molar-refractivity contribution in [3.8, 4) is 0 Å². The fourth-order valence-corrected chi connectivity index (χ4v) is 3.40. The smallest absolute Gasteiger partial charge is 0.253 e. The lowest BCUT2D eigenvalue weighted by Crippen LogP contribution is -2.39. The number of likely N-dealkylation sites (tertiary alicyclic amines) is 1. The van der Waals surface area contributed by atoms with Crippen LogP contribution in [0.1, 0.15) is 34.8 Å². The average Bonchev–Trinajstić information content (AvgIpc) is 2.68. The van der Waals surface area contributed by atoms with Crippen LogP contribution >= 0.6 is 0 Å². The highest BCUT2D eigenvalue weighted by molar-refractivity contribution is 5.94. The van der Waals surface area contributed by atoms with Crippen LogP contribution in [0.2, 0.25) is 0 Å². The van der Waals surface area contributed by atoms with E-state index in [1.54, 1.807) is 24.5 Å². The van der Waals surface area contributed by atoms with E-state index >= 15 is 0 Å². The third-order valence-corrected chi connectivity index (χ3v) is 4.71. The van der Waals surface area contributed by atoms with Gasteiger partial charge in [-0.3, -0.25) is 14.8 Å². The van der Waals surface area contributed by atoms with Crippen LogP contribution in [-0.2, 0) is 0 Å². The maximum absolute atomic E-state index is 12.7. The largest absolute Gasteiger partial charge is 0.338 e. The van der Waals surface area contributed by atoms with Gasteiger partial charge in [0.05, 0.1) is 0 Å². The molecule has 1 atom stereocenters. The van der Waals surface area contributed by atoms with Gasteiger partial charge in [0.25, 0.3) is 5.91 Å². The molecule has 1 aliphatic heterocycles. The standard InChI is InChI=1S/C20H19N3O/c24-20(15-7-9-21-10-8-15)23-11-3-6-18(14-23)19-12-16-4-1-2-5-17(16)13-22-19/h1-2,4-5,7-10,12-13,18H,3,6,11,14H2. The number of carbonyl (C=O) groups excluding carboxylic acids is 1. The summed E-state index contributed by atoms with van der Waals surface area (Å²) in [5.41, 5.74) is 1.79. The second kappa shape index (κ2) is 6.40. The van der Waals surface area contributed by atoms with Crippen molar-refractivity contribution < 1.29 is 4.79 Å². The fraction of sp³-hybridized carbons (Fsp3) is 0.250. The molecule has 2 aromatic heterocycles. The molecule has 4 rings (SSSR count). The molecule has 0 N–H and O–H groups in total. The highest BCUT2D eigenvalue weighted by Crippen LogP contribution is 2.28. The normalized spacial score (nSPS) is 17.8. The first kappa shape index (κ1) is 14.8. The topological polar surface area (TPSA) is 46.1 Å². The first-order valence-corrected chi connectivity index (χ1v) is 8.35. The number of nitrogens with zero attached hydrogens (tertiary/aromatic N) is 3. The Morgan fingerprint density at radius 3 is 2.71 bits per heavy atom. The minimum Gasteiger partial charge on any atom is -0.338 e. The number of piperidine rings is 1. The molecule has 0 radical (unpaired) electrons. The summed E-state index contributed by atoms with van der Waals surface area (Å²) in [6.07, 6.45) is 7.36. The third-order valence-electron chi connectivity index (χ3n) is 4.71. The van der Waals surface area contributed by atoms with Crippen molar-refractivity contribution in [3.63, 3.8) is 0 Å². The summed E-state index contributed by atoms with van der Waals surface area (Å²) in [7, 11) is 0. The van der Waals surface area contributed by atoms with Crippen LogP contribution in [-0.4, -0.2) is 33.9 Å². The van der Waals surface area contributed by atoms with Crippen LogP contribution in [0, 0.1) is 0 Å². The summed E-state index contributed by atoms with van der Waals surface area (Å²) < 4.78 is 0. The maximum atomic E-state index is 12.7. The average molecular weight is 317 g/mol. The van der Waals surface area contributed by atoms with Crippen LogP contribution in [0.5, 0.6) is 0 Å². The zero-order valence-electron chi connectivity index (χ0n) is 13.4. The molecule has 1 aromatic carbocycles. The maximum Gasteiger partial charge on any atom is 0.253 e. The summed E-state index contributed by atoms with van der Waals surface area (Å²) in [6.45, 7) is 1.54. The van der Waals surface area contributed by atoms with Gasteiger partial charge in [-0.05, 0) is 36.4 Å². The quantitative estimate of drug-likeness (QED) is 0.725. The number of benzene rings is 1. The Bertz CT molecular complexity index is 863. The molecule has 3 aromatic rings. The third kappa shape index (κ3) is 2.87. The van der Waals surface area contributed by atoms with Crippen LogP contribution in [0.25, 0.3) is 10.8 Å². The second-order valence-electron chi connectivity index (χ2n) is 6.28. The van der Waals surface area contributed by atoms with Gasteiger partial charge >= 0.3 is 0 Å². The fourth-order valence-electron chi connectivity index (χ4n) is 3.40. The van der Waals surface area contributed by atoms with Gasteiger partial charge < -0.3 is 4.90 Å². The van der Waals surface area contributed by atoms with Gasteiger partial charge in [0.15, 0.2) is 0 Å². The zero-order chi connectivity index (χ0) is 16.4. The Kier molecular flexibility index (Phi) is 3.95. The zero-order valence-corrected chi connectivity index (χ0v) is 13.4. The summed E-state index contributed by atoms with van der Waals surface area (Å²) in [6, 6.07) is 14.0. The first-order valence-electron chi connectivity index (χ1n) is 8.35. The van der Waals surface area contributed by atoms with Gasteiger partial charge in [-0.15, -0.1) is 0 Å². The lowest BCUT2D eigenvalue weighted by molar-refractivity contribution is 0.0706. The Hall–Kier alpha value is -2.75. The van der Waals surface area contributed by atoms with E-state index in [4.69, 9.17) is 0 Å². The molecule has 1 amide bonds. The minimum atomic E-state index is 0.0860. The molecule has 120 valence electrons. The van der Waals surface area contributed by atoms with E-state index in [9.17, 15) is 4.79 Å². The van der Waals surface area contributed by atoms with Crippen molar-refractivity contribution in [1.82, 2.24) is 14.9 Å². The van der Waals surface area contributed by atoms with E-state index < -0.39 is 0 Å². The minimum absolute atomic E-state index is 0.0860. The van der Waals surface area contributed by atoms with E-state index in [1.165, 1.54) is 5.39 Å². The highest BCUT2D eigenvalue weighted by atomic mass is 16.2. The van der Waals surface area contributed by atoms with Crippen molar-refractivity contribution in [2.75, 3.05) is 13.1 Å². The molecule has 3 heterocycles. The van der Waals surface area contributed by atoms with Gasteiger partial charge in [-0.25, -0.2) is 0 Å². The molecule has 4 nitrogen and oxygen atoms in total. The molecular formula is C20H19N3O. The molecule has 4 heteroatoms. The monoisotopic (exact) mass is 317 g/mol. The van der Waals surface area contributed by atoms with Crippen molar-refractivity contribution in [3.05, 3.63) is 72.3 Å². The van der Waals surface area contributed by atoms with Crippen molar-refractivity contribution in [2.24, 2.45) is 0 Å². The van der Waals surface area contributed by atoms with E-state index in [0.29, 0.717) is 11.5 Å². The van der Waals surface area contributed by atoms with E-state index in [2.05, 4.69) is 28.2 Å². The van der Waals surface area contributed by atoms with E-state index in [1.807, 2.05) is 23.2 Å². The predicted molar refractivity (Wildman–Crippen MR) is 93.9 cm³/mol. The van der Waals surface area contributed by atoms with Crippen LogP contribution in [0.3, 0.4) is 0 Å². The number of hydrogen-bond acceptors (Lipinski definition) is 3. The number of rotatable bonds is 2. The van der Waals surface area contributed by atoms with Gasteiger partial charge in [-0.1, -0.05) is 24.3 Å². The number of fused-ring (bicyclic) bond motifs is 1. The number of aromatic nitrogens is 2. The predicted octanol–water partition coefficient (Wildman–Crippen LogP) is 3.65. The number of hydrogen-bond donors (Lipinski definition) is 0. The second-order valence-corrected chi connectivity index (χ2v) is 6.28. The molecule has 0 spiro atoms. The Labute approximate surface area is 141 Å². The lowest BCUT2D eigenvalue weighted by Gasteiger charge is -2.32. The summed E-state index contributed by atoms with van der Waals surface area (Å²) in [5.74, 6) is 0.386. The van der Waals surface area contributed by atoms with Crippen LogP contribution in [0.15, 0.2) is 61.1 Å². The van der Waals surface area contributed by atoms with Gasteiger partial charge in [0.1, 0.15) is 0 Å². The van der Waals surface area contributed by atoms with Gasteiger partial charge in [0.2, 0.25) is 0 Å². The molecule has 1 unspecified atom stereocenters. The lowest BCUT2D eigenvalue weighted by atomic mass is 9.93. The van der Waals surface area contributed by atoms with E-state index in [-0.39, 0.29) is 5.91 Å². The molecule has 0 saturated carbocycles. The molecule has 0 aliphatic carbocycles. The highest BCUT2D eigenvalue weighted by Gasteiger charge is 2.26. The molecule has 0 bridgehead atoms. The number of carbonyl (C=O) groups is 1. The summed E-state index contributed by atoms with van der Waals surface area (Å²) in [5, 5.41) is 2.36. The van der Waals surface area contributed by atoms with E-state index in [0.717, 1.165) is 37.0 Å². The first-order chi connectivity index (χ1) is 11.8. The van der Waals surface area contributed by atoms with Crippen molar-refractivity contribution >= 4 is 16.7 Å². The molecule has 24 heavy (non-hydrogen) atoms. The summed E-state index contributed by atoms with van der Waals surface area (Å²) in [4.78, 5) is 23.2. The summed E-state index contributed by atoms with van der Waals surface area (Å²) >= 11 is 0. The Balaban J connectivity index is 1.56. The molecule has 1 aliphatic rings. The van der Waals surface area contributed by atoms with Crippen LogP contribution < -0.4 is 0 Å². The Morgan fingerprint density at radius 1 is 1.08 bits per heavy atom. The molecular weight excluding hydrogens is 298 g/mol. The van der Waals surface area contributed by atoms with Gasteiger partial charge in [-0.2, -0.15) is 0 Å². The molecule has 1 fully saturated rings. The molecule has 1 saturated heterocycles. The SMILES string of the molecule is O=C(c1ccncc1)N1CCCC(c2cc3ccccc3cn2)C1. The number of amides is 1.